The molecule has 9 aromatic rings. The largest absolute Gasteiger partial charge is 0.310 e. The van der Waals surface area contributed by atoms with Gasteiger partial charge >= 0.3 is 0 Å². The summed E-state index contributed by atoms with van der Waals surface area (Å²) in [6.07, 6.45) is 0. The monoisotopic (exact) mass is 849 g/mol. The highest BCUT2D eigenvalue weighted by atomic mass is 15.1. The SMILES string of the molecule is CC(C)C1(C(C)C)c2ccc(N(c3ccc(-c4ccccc4)cc3)c3ccc4c(c3)C(c3ccccc3)(c3ccccc3)c3ccccc3-4)cc2-c2cc3c(cc21)-c1ccccc1C3(C)C. The van der Waals surface area contributed by atoms with Crippen LogP contribution in [0.2, 0.25) is 0 Å². The minimum Gasteiger partial charge on any atom is -0.310 e. The van der Waals surface area contributed by atoms with Crippen LogP contribution in [0, 0.1) is 11.8 Å². The minimum atomic E-state index is -0.511. The Morgan fingerprint density at radius 3 is 1.41 bits per heavy atom. The first-order valence-electron chi connectivity index (χ1n) is 23.9. The van der Waals surface area contributed by atoms with Crippen molar-refractivity contribution in [2.24, 2.45) is 11.8 Å². The van der Waals surface area contributed by atoms with E-state index in [9.17, 15) is 0 Å². The van der Waals surface area contributed by atoms with E-state index in [1.165, 1.54) is 89.0 Å². The summed E-state index contributed by atoms with van der Waals surface area (Å²) in [5.41, 5.74) is 24.0. The van der Waals surface area contributed by atoms with Gasteiger partial charge in [0.1, 0.15) is 0 Å². The van der Waals surface area contributed by atoms with Gasteiger partial charge in [-0.05, 0) is 149 Å². The van der Waals surface area contributed by atoms with Crippen LogP contribution in [-0.2, 0) is 16.2 Å². The topological polar surface area (TPSA) is 3.24 Å². The van der Waals surface area contributed by atoms with Crippen LogP contribution in [0.25, 0.3) is 44.5 Å². The van der Waals surface area contributed by atoms with Gasteiger partial charge in [-0.15, -0.1) is 0 Å². The number of benzene rings is 9. The maximum absolute atomic E-state index is 2.60. The van der Waals surface area contributed by atoms with Gasteiger partial charge in [-0.1, -0.05) is 205 Å². The Bertz CT molecular complexity index is 3270. The second-order valence-corrected chi connectivity index (χ2v) is 20.0. The molecule has 3 aliphatic carbocycles. The van der Waals surface area contributed by atoms with Gasteiger partial charge in [0.15, 0.2) is 0 Å². The Labute approximate surface area is 391 Å². The van der Waals surface area contributed by atoms with E-state index in [-0.39, 0.29) is 10.8 Å². The van der Waals surface area contributed by atoms with Crippen molar-refractivity contribution in [2.45, 2.75) is 57.8 Å². The number of hydrogen-bond acceptors (Lipinski definition) is 1. The summed E-state index contributed by atoms with van der Waals surface area (Å²) < 4.78 is 0. The van der Waals surface area contributed by atoms with Crippen molar-refractivity contribution in [3.8, 4) is 44.5 Å². The van der Waals surface area contributed by atoms with Crippen molar-refractivity contribution in [3.05, 3.63) is 257 Å². The first kappa shape index (κ1) is 40.3. The van der Waals surface area contributed by atoms with E-state index in [1.807, 2.05) is 0 Å². The molecule has 0 atom stereocenters. The number of rotatable bonds is 8. The summed E-state index contributed by atoms with van der Waals surface area (Å²) in [7, 11) is 0. The van der Waals surface area contributed by atoms with Crippen molar-refractivity contribution in [3.63, 3.8) is 0 Å². The van der Waals surface area contributed by atoms with Crippen molar-refractivity contribution < 1.29 is 0 Å². The Hall–Kier alpha value is -7.22. The van der Waals surface area contributed by atoms with Crippen LogP contribution < -0.4 is 4.90 Å². The molecule has 0 aliphatic heterocycles. The summed E-state index contributed by atoms with van der Waals surface area (Å²) in [5.74, 6) is 0.769. The lowest BCUT2D eigenvalue weighted by Crippen LogP contribution is -2.37. The highest BCUT2D eigenvalue weighted by Gasteiger charge is 2.50. The van der Waals surface area contributed by atoms with E-state index in [0.29, 0.717) is 11.8 Å². The standard InChI is InChI=1S/C65H55N/c1-42(2)64(43(3)4)59-37-35-49(38-54(59)56-40-60-55(41-62(56)64)52-27-16-18-28-57(52)63(60,5)6)66(48-32-30-45(31-33-48)44-20-10-7-11-21-44)50-34-36-53-51-26-17-19-29-58(51)65(61(53)39-50,46-22-12-8-13-23-46)47-24-14-9-15-25-47/h7-43H,1-6H3. The second-order valence-electron chi connectivity index (χ2n) is 20.0. The molecule has 0 radical (unpaired) electrons. The molecule has 3 aliphatic rings. The number of hydrogen-bond donors (Lipinski definition) is 0. The van der Waals surface area contributed by atoms with E-state index in [4.69, 9.17) is 0 Å². The predicted octanol–water partition coefficient (Wildman–Crippen LogP) is 17.1. The van der Waals surface area contributed by atoms with E-state index in [0.717, 1.165) is 17.1 Å². The maximum Gasteiger partial charge on any atom is 0.0714 e. The van der Waals surface area contributed by atoms with Crippen LogP contribution >= 0.6 is 0 Å². The highest BCUT2D eigenvalue weighted by molar-refractivity contribution is 5.94. The van der Waals surface area contributed by atoms with Crippen molar-refractivity contribution in [1.29, 1.82) is 0 Å². The van der Waals surface area contributed by atoms with E-state index in [1.54, 1.807) is 0 Å². The van der Waals surface area contributed by atoms with Crippen LogP contribution in [0.1, 0.15) is 86.1 Å². The average molecular weight is 850 g/mol. The normalized spacial score (nSPS) is 15.2. The lowest BCUT2D eigenvalue weighted by atomic mass is 9.62. The number of anilines is 3. The van der Waals surface area contributed by atoms with Crippen LogP contribution in [0.5, 0.6) is 0 Å². The van der Waals surface area contributed by atoms with Crippen molar-refractivity contribution in [1.82, 2.24) is 0 Å². The molecule has 9 aromatic carbocycles. The molecule has 0 unspecified atom stereocenters. The fraction of sp³-hybridized carbons (Fsp3) is 0.169. The Balaban J connectivity index is 1.11. The minimum absolute atomic E-state index is 0.0990. The van der Waals surface area contributed by atoms with E-state index >= 15 is 0 Å². The summed E-state index contributed by atoms with van der Waals surface area (Å²) in [5, 5.41) is 0. The van der Waals surface area contributed by atoms with Gasteiger partial charge in [0.2, 0.25) is 0 Å². The maximum atomic E-state index is 2.60. The van der Waals surface area contributed by atoms with Crippen molar-refractivity contribution >= 4 is 17.1 Å². The highest BCUT2D eigenvalue weighted by Crippen LogP contribution is 2.62. The summed E-state index contributed by atoms with van der Waals surface area (Å²) >= 11 is 0. The molecule has 66 heavy (non-hydrogen) atoms. The summed E-state index contributed by atoms with van der Waals surface area (Å²) in [6, 6.07) is 80.2. The van der Waals surface area contributed by atoms with Gasteiger partial charge in [0.25, 0.3) is 0 Å². The van der Waals surface area contributed by atoms with Crippen molar-refractivity contribution in [2.75, 3.05) is 4.90 Å². The van der Waals surface area contributed by atoms with E-state index in [2.05, 4.69) is 259 Å². The predicted molar refractivity (Wildman–Crippen MR) is 277 cm³/mol. The molecule has 0 amide bonds. The molecule has 1 heteroatoms. The summed E-state index contributed by atoms with van der Waals surface area (Å²) in [6.45, 7) is 14.6. The zero-order valence-electron chi connectivity index (χ0n) is 38.8. The Kier molecular flexibility index (Phi) is 9.10. The molecule has 320 valence electrons. The third-order valence-electron chi connectivity index (χ3n) is 15.9. The molecule has 0 saturated carbocycles. The van der Waals surface area contributed by atoms with Gasteiger partial charge in [0.05, 0.1) is 5.41 Å². The van der Waals surface area contributed by atoms with Gasteiger partial charge in [-0.25, -0.2) is 0 Å². The first-order valence-corrected chi connectivity index (χ1v) is 23.9. The average Bonchev–Trinajstić information content (AvgIpc) is 3.91. The molecule has 0 fully saturated rings. The molecule has 1 nitrogen and oxygen atoms in total. The van der Waals surface area contributed by atoms with Crippen LogP contribution in [0.4, 0.5) is 17.1 Å². The van der Waals surface area contributed by atoms with Gasteiger partial charge in [0, 0.05) is 27.9 Å². The Morgan fingerprint density at radius 2 is 0.773 bits per heavy atom. The van der Waals surface area contributed by atoms with Gasteiger partial charge in [-0.3, -0.25) is 0 Å². The third kappa shape index (κ3) is 5.53. The molecule has 0 spiro atoms. The fourth-order valence-electron chi connectivity index (χ4n) is 13.1. The zero-order valence-corrected chi connectivity index (χ0v) is 38.8. The second kappa shape index (κ2) is 14.9. The molecule has 12 rings (SSSR count). The van der Waals surface area contributed by atoms with Crippen LogP contribution in [0.3, 0.4) is 0 Å². The van der Waals surface area contributed by atoms with E-state index < -0.39 is 5.41 Å². The van der Waals surface area contributed by atoms with Crippen LogP contribution in [-0.4, -0.2) is 0 Å². The zero-order chi connectivity index (χ0) is 45.0. The molecular weight excluding hydrogens is 795 g/mol. The summed E-state index contributed by atoms with van der Waals surface area (Å²) in [4.78, 5) is 2.51. The molecule has 0 heterocycles. The number of nitrogens with zero attached hydrogens (tertiary/aromatic N) is 1. The molecular formula is C65H55N. The smallest absolute Gasteiger partial charge is 0.0714 e. The molecule has 0 N–H and O–H groups in total. The van der Waals surface area contributed by atoms with Gasteiger partial charge in [-0.2, -0.15) is 0 Å². The van der Waals surface area contributed by atoms with Crippen LogP contribution in [0.15, 0.2) is 212 Å². The lowest BCUT2D eigenvalue weighted by molar-refractivity contribution is 0.280. The molecule has 0 bridgehead atoms. The first-order chi connectivity index (χ1) is 32.1. The Morgan fingerprint density at radius 1 is 0.318 bits per heavy atom. The third-order valence-corrected chi connectivity index (χ3v) is 15.9. The quantitative estimate of drug-likeness (QED) is 0.147. The fourth-order valence-corrected chi connectivity index (χ4v) is 13.1. The molecule has 0 aromatic heterocycles. The van der Waals surface area contributed by atoms with Gasteiger partial charge < -0.3 is 4.90 Å². The lowest BCUT2D eigenvalue weighted by Gasteiger charge is -2.40. The number of fused-ring (bicyclic) bond motifs is 9. The molecule has 0 saturated heterocycles.